The topological polar surface area (TPSA) is 59.0 Å². The van der Waals surface area contributed by atoms with E-state index in [0.29, 0.717) is 28.6 Å². The number of esters is 1. The first-order valence-corrected chi connectivity index (χ1v) is 11.0. The number of nitrogens with zero attached hydrogens (tertiary/aromatic N) is 2. The summed E-state index contributed by atoms with van der Waals surface area (Å²) in [5.41, 5.74) is 2.73. The second-order valence-electron chi connectivity index (χ2n) is 6.77. The summed E-state index contributed by atoms with van der Waals surface area (Å²) < 4.78 is 6.49. The summed E-state index contributed by atoms with van der Waals surface area (Å²) in [6, 6.07) is 16.6. The van der Waals surface area contributed by atoms with Crippen molar-refractivity contribution in [1.82, 2.24) is 4.90 Å². The summed E-state index contributed by atoms with van der Waals surface area (Å²) >= 11 is 5.03. The first-order chi connectivity index (χ1) is 14.0. The first kappa shape index (κ1) is 19.9. The van der Waals surface area contributed by atoms with Crippen LogP contribution in [0.25, 0.3) is 0 Å². The second kappa shape index (κ2) is 8.55. The molecule has 148 valence electrons. The lowest BCUT2D eigenvalue weighted by Gasteiger charge is -2.39. The molecule has 0 aromatic heterocycles. The zero-order chi connectivity index (χ0) is 20.4. The highest BCUT2D eigenvalue weighted by Crippen LogP contribution is 2.40. The van der Waals surface area contributed by atoms with Gasteiger partial charge in [-0.1, -0.05) is 70.2 Å². The van der Waals surface area contributed by atoms with Gasteiger partial charge >= 0.3 is 5.97 Å². The van der Waals surface area contributed by atoms with Crippen LogP contribution in [0.3, 0.4) is 0 Å². The summed E-state index contributed by atoms with van der Waals surface area (Å²) in [6.45, 7) is 1.97. The molecule has 7 heteroatoms. The predicted molar refractivity (Wildman–Crippen MR) is 117 cm³/mol. The summed E-state index contributed by atoms with van der Waals surface area (Å²) in [4.78, 5) is 32.1. The van der Waals surface area contributed by atoms with Gasteiger partial charge in [0.2, 0.25) is 5.91 Å². The van der Waals surface area contributed by atoms with Crippen molar-refractivity contribution < 1.29 is 14.3 Å². The summed E-state index contributed by atoms with van der Waals surface area (Å²) in [6.07, 6.45) is 0.416. The quantitative estimate of drug-likeness (QED) is 0.599. The third-order valence-corrected chi connectivity index (χ3v) is 6.25. The summed E-state index contributed by atoms with van der Waals surface area (Å²) in [7, 11) is 0. The Balaban J connectivity index is 1.72. The number of thioether (sulfide) groups is 1. The van der Waals surface area contributed by atoms with Crippen molar-refractivity contribution in [3.05, 3.63) is 81.5 Å². The van der Waals surface area contributed by atoms with E-state index in [-0.39, 0.29) is 12.5 Å². The van der Waals surface area contributed by atoms with Gasteiger partial charge in [0.1, 0.15) is 6.61 Å². The van der Waals surface area contributed by atoms with Gasteiger partial charge in [-0.25, -0.2) is 9.79 Å². The third kappa shape index (κ3) is 4.16. The minimum Gasteiger partial charge on any atom is -0.457 e. The average Bonchev–Trinajstić information content (AvgIpc) is 2.72. The van der Waals surface area contributed by atoms with E-state index in [2.05, 4.69) is 20.9 Å². The average molecular weight is 471 g/mol. The lowest BCUT2D eigenvalue weighted by Crippen LogP contribution is -2.45. The van der Waals surface area contributed by atoms with Crippen molar-refractivity contribution in [1.29, 1.82) is 0 Å². The highest BCUT2D eigenvalue weighted by Gasteiger charge is 2.41. The maximum absolute atomic E-state index is 13.1. The number of carbonyl (C=O) groups is 2. The molecule has 0 spiro atoms. The Morgan fingerprint density at radius 2 is 2.03 bits per heavy atom. The van der Waals surface area contributed by atoms with Gasteiger partial charge < -0.3 is 4.74 Å². The third-order valence-electron chi connectivity index (χ3n) is 4.80. The lowest BCUT2D eigenvalue weighted by molar-refractivity contribution is -0.141. The van der Waals surface area contributed by atoms with Gasteiger partial charge in [0.15, 0.2) is 5.17 Å². The SMILES string of the molecule is CC1=C(C(=O)OCc2ccccc2)[C@@H](c2cccc(Br)c2)N2C(=O)CCSC2=N1. The minimum atomic E-state index is -0.552. The zero-order valence-electron chi connectivity index (χ0n) is 15.8. The number of amides is 1. The number of hydrogen-bond acceptors (Lipinski definition) is 5. The van der Waals surface area contributed by atoms with Crippen LogP contribution >= 0.6 is 27.7 Å². The van der Waals surface area contributed by atoms with Gasteiger partial charge in [-0.2, -0.15) is 0 Å². The Hall–Kier alpha value is -2.38. The smallest absolute Gasteiger partial charge is 0.338 e. The maximum atomic E-state index is 13.1. The van der Waals surface area contributed by atoms with Crippen molar-refractivity contribution in [2.75, 3.05) is 5.75 Å². The molecule has 5 nitrogen and oxygen atoms in total. The molecule has 1 saturated heterocycles. The van der Waals surface area contributed by atoms with Gasteiger partial charge in [-0.15, -0.1) is 0 Å². The van der Waals surface area contributed by atoms with Crippen molar-refractivity contribution in [2.24, 2.45) is 4.99 Å². The number of aliphatic imine (C=N–C) groups is 1. The monoisotopic (exact) mass is 470 g/mol. The second-order valence-corrected chi connectivity index (χ2v) is 8.75. The highest BCUT2D eigenvalue weighted by molar-refractivity contribution is 9.10. The van der Waals surface area contributed by atoms with Crippen LogP contribution in [0.4, 0.5) is 0 Å². The largest absolute Gasteiger partial charge is 0.457 e. The molecule has 0 radical (unpaired) electrons. The first-order valence-electron chi connectivity index (χ1n) is 9.25. The molecule has 1 amide bonds. The van der Waals surface area contributed by atoms with Crippen LogP contribution < -0.4 is 0 Å². The Morgan fingerprint density at radius 3 is 2.79 bits per heavy atom. The molecule has 4 rings (SSSR count). The van der Waals surface area contributed by atoms with Crippen LogP contribution in [-0.4, -0.2) is 27.7 Å². The molecule has 0 aliphatic carbocycles. The van der Waals surface area contributed by atoms with Crippen molar-refractivity contribution in [2.45, 2.75) is 26.0 Å². The Kier molecular flexibility index (Phi) is 5.87. The van der Waals surface area contributed by atoms with Gasteiger partial charge in [0.25, 0.3) is 0 Å². The van der Waals surface area contributed by atoms with E-state index < -0.39 is 12.0 Å². The minimum absolute atomic E-state index is 0.0339. The molecule has 2 heterocycles. The van der Waals surface area contributed by atoms with Crippen LogP contribution in [0.2, 0.25) is 0 Å². The normalized spacial score (nSPS) is 19.0. The molecule has 2 aromatic carbocycles. The number of rotatable bonds is 4. The van der Waals surface area contributed by atoms with E-state index in [0.717, 1.165) is 15.6 Å². The fraction of sp³-hybridized carbons (Fsp3) is 0.227. The highest BCUT2D eigenvalue weighted by atomic mass is 79.9. The van der Waals surface area contributed by atoms with Crippen LogP contribution in [0.1, 0.15) is 30.5 Å². The molecule has 29 heavy (non-hydrogen) atoms. The molecule has 2 aliphatic rings. The van der Waals surface area contributed by atoms with Crippen molar-refractivity contribution in [3.8, 4) is 0 Å². The Bertz CT molecular complexity index is 1020. The number of amidine groups is 1. The Labute approximate surface area is 182 Å². The molecule has 1 fully saturated rings. The van der Waals surface area contributed by atoms with E-state index in [9.17, 15) is 9.59 Å². The molecule has 2 aliphatic heterocycles. The molecule has 0 unspecified atom stereocenters. The fourth-order valence-corrected chi connectivity index (χ4v) is 4.87. The van der Waals surface area contributed by atoms with Crippen molar-refractivity contribution in [3.63, 3.8) is 0 Å². The molecule has 0 bridgehead atoms. The van der Waals surface area contributed by atoms with Crippen LogP contribution in [-0.2, 0) is 20.9 Å². The maximum Gasteiger partial charge on any atom is 0.338 e. The van der Waals surface area contributed by atoms with E-state index in [1.54, 1.807) is 11.8 Å². The van der Waals surface area contributed by atoms with E-state index >= 15 is 0 Å². The van der Waals surface area contributed by atoms with E-state index in [1.807, 2.05) is 54.6 Å². The van der Waals surface area contributed by atoms with Crippen LogP contribution in [0.15, 0.2) is 75.3 Å². The van der Waals surface area contributed by atoms with Gasteiger partial charge in [0.05, 0.1) is 17.3 Å². The lowest BCUT2D eigenvalue weighted by atomic mass is 9.94. The summed E-state index contributed by atoms with van der Waals surface area (Å²) in [5.74, 6) is 0.205. The number of halogens is 1. The molecule has 0 N–H and O–H groups in total. The number of hydrogen-bond donors (Lipinski definition) is 0. The molecular weight excluding hydrogens is 452 g/mol. The fourth-order valence-electron chi connectivity index (χ4n) is 3.45. The van der Waals surface area contributed by atoms with Gasteiger partial charge in [-0.3, -0.25) is 9.69 Å². The number of fused-ring (bicyclic) bond motifs is 1. The predicted octanol–water partition coefficient (Wildman–Crippen LogP) is 4.84. The van der Waals surface area contributed by atoms with Gasteiger partial charge in [-0.05, 0) is 30.2 Å². The van der Waals surface area contributed by atoms with E-state index in [1.165, 1.54) is 11.8 Å². The van der Waals surface area contributed by atoms with E-state index in [4.69, 9.17) is 4.74 Å². The number of carbonyl (C=O) groups excluding carboxylic acids is 2. The number of benzene rings is 2. The van der Waals surface area contributed by atoms with Gasteiger partial charge in [0, 0.05) is 16.6 Å². The Morgan fingerprint density at radius 1 is 1.24 bits per heavy atom. The van der Waals surface area contributed by atoms with Crippen LogP contribution in [0, 0.1) is 0 Å². The zero-order valence-corrected chi connectivity index (χ0v) is 18.2. The number of ether oxygens (including phenoxy) is 1. The molecular formula is C22H19BrN2O3S. The van der Waals surface area contributed by atoms with Crippen LogP contribution in [0.5, 0.6) is 0 Å². The molecule has 2 aromatic rings. The number of allylic oxidation sites excluding steroid dienone is 1. The standard InChI is InChI=1S/C22H19BrN2O3S/c1-14-19(21(27)28-13-15-6-3-2-4-7-15)20(16-8-5-9-17(23)12-16)25-18(26)10-11-29-22(25)24-14/h2-9,12,20H,10-11,13H2,1H3/t20-/m1/s1. The molecule has 0 saturated carbocycles. The van der Waals surface area contributed by atoms with Crippen molar-refractivity contribution >= 4 is 44.7 Å². The summed E-state index contributed by atoms with van der Waals surface area (Å²) in [5, 5.41) is 0.642. The molecule has 1 atom stereocenters.